The lowest BCUT2D eigenvalue weighted by Gasteiger charge is -2.34. The van der Waals surface area contributed by atoms with E-state index in [-0.39, 0.29) is 30.7 Å². The third-order valence-corrected chi connectivity index (χ3v) is 4.36. The van der Waals surface area contributed by atoms with Gasteiger partial charge in [-0.25, -0.2) is 9.67 Å². The highest BCUT2D eigenvalue weighted by Crippen LogP contribution is 2.25. The van der Waals surface area contributed by atoms with Gasteiger partial charge in [-0.05, 0) is 38.1 Å². The fourth-order valence-corrected chi connectivity index (χ4v) is 2.87. The normalized spacial score (nSPS) is 15.1. The van der Waals surface area contributed by atoms with Crippen molar-refractivity contribution in [2.45, 2.75) is 25.0 Å². The largest absolute Gasteiger partial charge is 0.492 e. The Bertz CT molecular complexity index is 694. The number of aromatic nitrogens is 3. The number of nitrogens with zero attached hydrogens (tertiary/aromatic N) is 3. The van der Waals surface area contributed by atoms with Gasteiger partial charge in [-0.2, -0.15) is 5.10 Å². The number of hydrogen-bond acceptors (Lipinski definition) is 6. The maximum Gasteiger partial charge on any atom is 0.256 e. The molecule has 2 N–H and O–H groups in total. The van der Waals surface area contributed by atoms with Crippen LogP contribution in [0.4, 0.5) is 5.69 Å². The van der Waals surface area contributed by atoms with Gasteiger partial charge in [-0.3, -0.25) is 4.79 Å². The SMILES string of the molecule is COC1(C(=O)Nc2cccc(OCCn3cncn3)c2)CCNCC1.Cl.Cl. The van der Waals surface area contributed by atoms with Gasteiger partial charge in [-0.1, -0.05) is 6.07 Å². The van der Waals surface area contributed by atoms with Gasteiger partial charge in [0.25, 0.3) is 5.91 Å². The number of carbonyl (C=O) groups excluding carboxylic acids is 1. The molecule has 1 aromatic carbocycles. The van der Waals surface area contributed by atoms with E-state index in [1.807, 2.05) is 24.3 Å². The summed E-state index contributed by atoms with van der Waals surface area (Å²) in [6, 6.07) is 7.35. The maximum atomic E-state index is 12.7. The van der Waals surface area contributed by atoms with Crippen LogP contribution < -0.4 is 15.4 Å². The number of anilines is 1. The fraction of sp³-hybridized carbons (Fsp3) is 0.471. The number of methoxy groups -OCH3 is 1. The first-order chi connectivity index (χ1) is 12.2. The first-order valence-electron chi connectivity index (χ1n) is 8.34. The van der Waals surface area contributed by atoms with Crippen LogP contribution in [-0.4, -0.2) is 53.1 Å². The highest BCUT2D eigenvalue weighted by molar-refractivity contribution is 5.97. The van der Waals surface area contributed by atoms with E-state index in [1.54, 1.807) is 18.1 Å². The average molecular weight is 418 g/mol. The second-order valence-electron chi connectivity index (χ2n) is 5.94. The third kappa shape index (κ3) is 6.07. The minimum Gasteiger partial charge on any atom is -0.492 e. The van der Waals surface area contributed by atoms with E-state index in [0.717, 1.165) is 13.1 Å². The third-order valence-electron chi connectivity index (χ3n) is 4.36. The Morgan fingerprint density at radius 3 is 2.78 bits per heavy atom. The van der Waals surface area contributed by atoms with Crippen molar-refractivity contribution in [1.29, 1.82) is 0 Å². The second-order valence-corrected chi connectivity index (χ2v) is 5.94. The lowest BCUT2D eigenvalue weighted by atomic mass is 9.91. The standard InChI is InChI=1S/C17H23N5O3.2ClH/c1-24-17(5-7-18-8-6-17)16(23)21-14-3-2-4-15(11-14)25-10-9-22-13-19-12-20-22;;/h2-4,11-13,18H,5-10H2,1H3,(H,21,23);2*1H. The van der Waals surface area contributed by atoms with Crippen molar-refractivity contribution < 1.29 is 14.3 Å². The molecule has 150 valence electrons. The van der Waals surface area contributed by atoms with Crippen molar-refractivity contribution in [2.75, 3.05) is 32.1 Å². The number of nitrogens with one attached hydrogen (secondary N) is 2. The Morgan fingerprint density at radius 1 is 1.33 bits per heavy atom. The topological polar surface area (TPSA) is 90.3 Å². The van der Waals surface area contributed by atoms with Gasteiger partial charge in [0.05, 0.1) is 6.54 Å². The quantitative estimate of drug-likeness (QED) is 0.714. The molecule has 2 heterocycles. The molecule has 0 atom stereocenters. The number of ether oxygens (including phenoxy) is 2. The molecule has 0 unspecified atom stereocenters. The lowest BCUT2D eigenvalue weighted by molar-refractivity contribution is -0.140. The van der Waals surface area contributed by atoms with Crippen LogP contribution in [0.1, 0.15) is 12.8 Å². The molecule has 8 nitrogen and oxygen atoms in total. The Hall–Kier alpha value is -1.87. The van der Waals surface area contributed by atoms with Crippen molar-refractivity contribution in [1.82, 2.24) is 20.1 Å². The summed E-state index contributed by atoms with van der Waals surface area (Å²) < 4.78 is 13.0. The van der Waals surface area contributed by atoms with Crippen LogP contribution >= 0.6 is 24.8 Å². The smallest absolute Gasteiger partial charge is 0.256 e. The molecule has 0 aliphatic carbocycles. The van der Waals surface area contributed by atoms with Crippen molar-refractivity contribution in [3.05, 3.63) is 36.9 Å². The van der Waals surface area contributed by atoms with E-state index in [4.69, 9.17) is 9.47 Å². The average Bonchev–Trinajstić information content (AvgIpc) is 3.16. The van der Waals surface area contributed by atoms with Gasteiger partial charge in [0, 0.05) is 18.9 Å². The predicted octanol–water partition coefficient (Wildman–Crippen LogP) is 1.91. The first-order valence-corrected chi connectivity index (χ1v) is 8.34. The Morgan fingerprint density at radius 2 is 2.11 bits per heavy atom. The van der Waals surface area contributed by atoms with Crippen molar-refractivity contribution in [3.63, 3.8) is 0 Å². The van der Waals surface area contributed by atoms with Crippen LogP contribution in [0.2, 0.25) is 0 Å². The number of hydrogen-bond donors (Lipinski definition) is 2. The lowest BCUT2D eigenvalue weighted by Crippen LogP contribution is -2.51. The minimum absolute atomic E-state index is 0. The Labute approximate surface area is 170 Å². The summed E-state index contributed by atoms with van der Waals surface area (Å²) in [6.45, 7) is 2.62. The summed E-state index contributed by atoms with van der Waals surface area (Å²) >= 11 is 0. The van der Waals surface area contributed by atoms with Crippen molar-refractivity contribution in [2.24, 2.45) is 0 Å². The molecular formula is C17H25Cl2N5O3. The van der Waals surface area contributed by atoms with Gasteiger partial charge < -0.3 is 20.1 Å². The van der Waals surface area contributed by atoms with E-state index in [9.17, 15) is 4.79 Å². The summed E-state index contributed by atoms with van der Waals surface area (Å²) in [7, 11) is 1.59. The molecule has 0 bridgehead atoms. The van der Waals surface area contributed by atoms with E-state index in [0.29, 0.717) is 37.4 Å². The molecule has 1 aromatic heterocycles. The summed E-state index contributed by atoms with van der Waals surface area (Å²) in [5.41, 5.74) is -0.0759. The summed E-state index contributed by atoms with van der Waals surface area (Å²) in [5, 5.41) is 10.2. The molecule has 3 rings (SSSR count). The number of amides is 1. The zero-order chi connectivity index (χ0) is 17.5. The molecule has 1 amide bonds. The molecule has 0 spiro atoms. The highest BCUT2D eigenvalue weighted by Gasteiger charge is 2.39. The molecule has 2 aromatic rings. The number of carbonyl (C=O) groups is 1. The number of halogens is 2. The van der Waals surface area contributed by atoms with E-state index in [2.05, 4.69) is 20.7 Å². The van der Waals surface area contributed by atoms with E-state index < -0.39 is 5.60 Å². The molecule has 0 radical (unpaired) electrons. The molecule has 1 aliphatic rings. The van der Waals surface area contributed by atoms with E-state index >= 15 is 0 Å². The highest BCUT2D eigenvalue weighted by atomic mass is 35.5. The van der Waals surface area contributed by atoms with Crippen molar-refractivity contribution in [3.8, 4) is 5.75 Å². The molecule has 10 heteroatoms. The number of piperidine rings is 1. The van der Waals surface area contributed by atoms with Crippen molar-refractivity contribution >= 4 is 36.4 Å². The minimum atomic E-state index is -0.769. The second kappa shape index (κ2) is 11.1. The predicted molar refractivity (Wildman–Crippen MR) is 107 cm³/mol. The van der Waals surface area contributed by atoms with Crippen LogP contribution in [0, 0.1) is 0 Å². The van der Waals surface area contributed by atoms with Crippen LogP contribution in [-0.2, 0) is 16.1 Å². The van der Waals surface area contributed by atoms with Gasteiger partial charge in [-0.15, -0.1) is 24.8 Å². The first kappa shape index (κ1) is 23.2. The van der Waals surface area contributed by atoms with Crippen LogP contribution in [0.25, 0.3) is 0 Å². The van der Waals surface area contributed by atoms with Crippen LogP contribution in [0.15, 0.2) is 36.9 Å². The van der Waals surface area contributed by atoms with Gasteiger partial charge in [0.2, 0.25) is 0 Å². The van der Waals surface area contributed by atoms with Gasteiger partial charge in [0.15, 0.2) is 0 Å². The summed E-state index contributed by atoms with van der Waals surface area (Å²) in [6.07, 6.45) is 4.44. The Kier molecular flexibility index (Phi) is 9.51. The molecule has 1 saturated heterocycles. The molecular weight excluding hydrogens is 393 g/mol. The zero-order valence-corrected chi connectivity index (χ0v) is 16.7. The zero-order valence-electron chi connectivity index (χ0n) is 15.1. The monoisotopic (exact) mass is 417 g/mol. The fourth-order valence-electron chi connectivity index (χ4n) is 2.87. The van der Waals surface area contributed by atoms with Gasteiger partial charge in [0.1, 0.15) is 30.6 Å². The van der Waals surface area contributed by atoms with Crippen LogP contribution in [0.5, 0.6) is 5.75 Å². The number of rotatable bonds is 7. The maximum absolute atomic E-state index is 12.7. The molecule has 1 aliphatic heterocycles. The van der Waals surface area contributed by atoms with Crippen LogP contribution in [0.3, 0.4) is 0 Å². The summed E-state index contributed by atoms with van der Waals surface area (Å²) in [4.78, 5) is 16.6. The van der Waals surface area contributed by atoms with Gasteiger partial charge >= 0.3 is 0 Å². The number of benzene rings is 1. The van der Waals surface area contributed by atoms with E-state index in [1.165, 1.54) is 6.33 Å². The molecule has 1 fully saturated rings. The summed E-state index contributed by atoms with van der Waals surface area (Å²) in [5.74, 6) is 0.575. The Balaban J connectivity index is 0.00000182. The molecule has 0 saturated carbocycles. The molecule has 27 heavy (non-hydrogen) atoms.